The van der Waals surface area contributed by atoms with Crippen LogP contribution in [0, 0.1) is 0 Å². The summed E-state index contributed by atoms with van der Waals surface area (Å²) in [4.78, 5) is 94.6. The van der Waals surface area contributed by atoms with Gasteiger partial charge >= 0.3 is 103 Å². The maximum atomic E-state index is 10.8. The van der Waals surface area contributed by atoms with E-state index in [1.165, 1.54) is 82.8 Å². The van der Waals surface area contributed by atoms with E-state index in [1.807, 2.05) is 60.7 Å². The number of ether oxygens (including phenoxy) is 24. The summed E-state index contributed by atoms with van der Waals surface area (Å²) in [6.07, 6.45) is 13.8. The van der Waals surface area contributed by atoms with Crippen molar-refractivity contribution < 1.29 is 273 Å². The van der Waals surface area contributed by atoms with E-state index in [1.54, 1.807) is 125 Å². The Morgan fingerprint density at radius 3 is 1.12 bits per heavy atom. The Balaban J connectivity index is -0.000000360. The minimum Gasteiger partial charge on any atom is -1.00 e. The molecule has 48 heteroatoms. The van der Waals surface area contributed by atoms with Crippen LogP contribution in [0.25, 0.3) is 0 Å². The molecule has 8 aromatic heterocycles. The molecule has 139 heavy (non-hydrogen) atoms. The smallest absolute Gasteiger partial charge is 1.00 e. The van der Waals surface area contributed by atoms with Crippen molar-refractivity contribution in [2.45, 2.75) is 20.6 Å². The number of methoxy groups -OCH3 is 12. The molecule has 0 amide bonds. The van der Waals surface area contributed by atoms with Crippen molar-refractivity contribution in [3.8, 4) is 87.2 Å². The van der Waals surface area contributed by atoms with E-state index < -0.39 is 7.15 Å². The second-order valence-electron chi connectivity index (χ2n) is 24.0. The van der Waals surface area contributed by atoms with Crippen molar-refractivity contribution in [3.63, 3.8) is 0 Å². The summed E-state index contributed by atoms with van der Waals surface area (Å²) in [6, 6.07) is 39.1. The van der Waals surface area contributed by atoms with E-state index >= 15 is 0 Å². The molecule has 0 radical (unpaired) electrons. The predicted octanol–water partition coefficient (Wildman–Crippen LogP) is 5.14. The van der Waals surface area contributed by atoms with E-state index in [0.717, 1.165) is 23.1 Å². The van der Waals surface area contributed by atoms with Crippen LogP contribution in [0.2, 0.25) is 0 Å². The molecule has 0 aliphatic heterocycles. The molecular formula is C91H123BrClFK2N8O35. The number of alkyl halides is 3. The molecule has 10 aromatic rings. The fraction of sp³-hybridized carbons (Fsp3) is 0.374. The molecule has 0 bridgehead atoms. The van der Waals surface area contributed by atoms with Crippen molar-refractivity contribution in [2.24, 2.45) is 0 Å². The molecule has 0 fully saturated rings. The molecule has 2 aromatic carbocycles. The van der Waals surface area contributed by atoms with Crippen LogP contribution >= 0.6 is 27.5 Å². The van der Waals surface area contributed by atoms with Crippen molar-refractivity contribution in [2.75, 3.05) is 211 Å². The van der Waals surface area contributed by atoms with Gasteiger partial charge in [-0.05, 0) is 47.5 Å². The van der Waals surface area contributed by atoms with Gasteiger partial charge in [-0.15, -0.1) is 0 Å². The molecule has 0 aliphatic carbocycles. The van der Waals surface area contributed by atoms with E-state index in [0.29, 0.717) is 180 Å². The number of H-pyrrole nitrogens is 1. The number of pyridine rings is 8. The Bertz CT molecular complexity index is 4640. The van der Waals surface area contributed by atoms with Crippen molar-refractivity contribution >= 4 is 59.1 Å². The number of nitrogens with one attached hydrogen (secondary N) is 1. The molecule has 0 aliphatic rings. The van der Waals surface area contributed by atoms with Crippen LogP contribution in [0.3, 0.4) is 0 Å². The molecule has 0 unspecified atom stereocenters. The standard InChI is InChI=1S/C14H15NO3.C12H11NO2.2C11H15NO5.C10H15NO4.2C9H11NO4.C7H9NO3.C3H7BrO.C2H5ClO.CH3F.CH2O3.CH4.2K.H/c1-16-11-18-13-7-8-14(15-9-13)17-10-12-5-3-2-4-6-12;14-11-6-7-12(13-8-11)15-9-10-4-2-1-3-5-10;1-14-3-4-16-11-5-9(7-13)10(6-12-11)17-8-15-2;1-14-3-4-16-11-9(7-13)5-10(6-12-11)17-8-15-2;1-12-5-6-14-10-4-3-9(7-11-10)15-8-13-2;1-13-2-3-14-9-4-7(6-11)8(12)5-10-9;1-13-2-3-14-9-7(6-11)4-8(12)5-10-9;1-10-5-11-6-2-3-7(9)8-4-6;1-5-3-2-4;1-4-2-3;1-2;2-1-4-3;;;;/h2-9H,10-11H2,1H3;1-8,14H,9H2;2*5-7H,3-4,8H2,1-2H3;3-4,7H,5-6,8H2,1-2H3;2*4-6,12H,2-3H2,1H3;2-4H,5H2,1H3,(H,8,9);2-3H2,1H3;2H2,1H3;1H3;1,3H;1H4;;;/q;;;;;;;;;;;;;2*+1;-1/p-1/i;;;;;;;;;;1D;;;;;. The number of aromatic nitrogens is 8. The SMILES string of the molecule is C.COCCBr.COCCOc1cc(C=O)c(O)cn1.COCCOc1cc(C=O)c(OCOC)cn1.COCCOc1ccc(OCOC)cn1.COCCOc1ncc(O)cc1C=O.COCCOc1ncc(OCOC)cc1C=O.COCCl.COCOc1ccc(=O)[nH]c1.COCOc1ccc(OCc2ccccc2)nc1.O=CO[O-].Oc1ccc(OCc2ccccc2)nc1.[2H]CF.[H-].[K+].[K+]. The summed E-state index contributed by atoms with van der Waals surface area (Å²) in [5.41, 5.74) is 3.13. The molecule has 0 spiro atoms. The molecule has 8 heterocycles. The molecule has 0 saturated carbocycles. The maximum absolute atomic E-state index is 10.8. The molecule has 0 saturated heterocycles. The van der Waals surface area contributed by atoms with E-state index in [9.17, 15) is 28.4 Å². The quantitative estimate of drug-likeness (QED) is 0.00729. The van der Waals surface area contributed by atoms with Crippen molar-refractivity contribution in [1.82, 2.24) is 39.9 Å². The number of benzene rings is 2. The normalized spacial score (nSPS) is 9.42. The van der Waals surface area contributed by atoms with E-state index in [-0.39, 0.29) is 198 Å². The van der Waals surface area contributed by atoms with Gasteiger partial charge in [-0.1, -0.05) is 95.6 Å². The summed E-state index contributed by atoms with van der Waals surface area (Å²) in [6.45, 7) is 6.56. The van der Waals surface area contributed by atoms with Crippen molar-refractivity contribution in [3.05, 3.63) is 227 Å². The number of hydrogen-bond donors (Lipinski definition) is 4. The number of nitrogens with zero attached hydrogens (tertiary/aromatic N) is 7. The topological polar surface area (TPSA) is 523 Å². The molecular weight excluding hydrogens is 1980 g/mol. The second kappa shape index (κ2) is 99.6. The number of aromatic amines is 1. The number of aldehydes is 4. The first-order valence-electron chi connectivity index (χ1n) is 40.1. The van der Waals surface area contributed by atoms with Gasteiger partial charge in [-0.2, -0.15) is 0 Å². The van der Waals surface area contributed by atoms with Crippen LogP contribution in [-0.2, 0) is 79.7 Å². The van der Waals surface area contributed by atoms with Gasteiger partial charge in [0.05, 0.1) is 114 Å². The van der Waals surface area contributed by atoms with Gasteiger partial charge in [0.1, 0.15) is 92.6 Å². The van der Waals surface area contributed by atoms with Crippen LogP contribution < -0.4 is 170 Å². The van der Waals surface area contributed by atoms with Gasteiger partial charge in [0.2, 0.25) is 46.7 Å². The van der Waals surface area contributed by atoms with Crippen LogP contribution in [0.15, 0.2) is 188 Å². The Kier molecular flexibility index (Phi) is 97.0. The second-order valence-corrected chi connectivity index (χ2v) is 25.0. The molecule has 43 nitrogen and oxygen atoms in total. The summed E-state index contributed by atoms with van der Waals surface area (Å²) >= 11 is 8.15. The fourth-order valence-electron chi connectivity index (χ4n) is 8.06. The molecule has 0 atom stereocenters. The fourth-order valence-corrected chi connectivity index (χ4v) is 8.39. The Morgan fingerprint density at radius 1 is 0.388 bits per heavy atom. The number of carbonyl (C=O) groups is 5. The zero-order valence-electron chi connectivity index (χ0n) is 81.2. The average molecular weight is 2100 g/mol. The van der Waals surface area contributed by atoms with E-state index in [4.69, 9.17) is 138 Å². The van der Waals surface area contributed by atoms with Gasteiger partial charge < -0.3 is 146 Å². The molecule has 760 valence electrons. The Labute approximate surface area is 908 Å². The van der Waals surface area contributed by atoms with Crippen LogP contribution in [0.4, 0.5) is 4.39 Å². The summed E-state index contributed by atoms with van der Waals surface area (Å²) in [7, 11) is 17.8. The van der Waals surface area contributed by atoms with Gasteiger partial charge in [-0.25, -0.2) is 34.9 Å². The zero-order valence-corrected chi connectivity index (χ0v) is 87.8. The maximum Gasteiger partial charge on any atom is 1.00 e. The van der Waals surface area contributed by atoms with Gasteiger partial charge in [0.25, 0.3) is 6.47 Å². The van der Waals surface area contributed by atoms with Crippen LogP contribution in [-0.4, -0.2) is 297 Å². The number of halogens is 3. The third kappa shape index (κ3) is 74.7. The minimum atomic E-state index is -1.00. The third-order valence-corrected chi connectivity index (χ3v) is 14.7. The average Bonchev–Trinajstić information content (AvgIpc) is 0.878. The molecule has 4 N–H and O–H groups in total. The summed E-state index contributed by atoms with van der Waals surface area (Å²) < 4.78 is 135. The number of carbonyl (C=O) groups excluding carboxylic acids is 5. The first kappa shape index (κ1) is 135. The first-order valence-corrected chi connectivity index (χ1v) is 41.0. The van der Waals surface area contributed by atoms with Crippen LogP contribution in [0.1, 0.15) is 62.8 Å². The summed E-state index contributed by atoms with van der Waals surface area (Å²) in [5.74, 6) is 5.39. The number of hydrogen-bond acceptors (Lipinski definition) is 42. The number of aromatic hydroxyl groups is 3. The van der Waals surface area contributed by atoms with E-state index in [2.05, 4.69) is 74.9 Å². The Morgan fingerprint density at radius 2 is 0.741 bits per heavy atom. The van der Waals surface area contributed by atoms with Gasteiger partial charge in [0.15, 0.2) is 64.9 Å². The Hall–Kier alpha value is -9.96. The van der Waals surface area contributed by atoms with Crippen LogP contribution in [0.5, 0.6) is 87.2 Å². The van der Waals surface area contributed by atoms with Gasteiger partial charge in [0, 0.05) is 133 Å². The minimum absolute atomic E-state index is 0. The van der Waals surface area contributed by atoms with Crippen molar-refractivity contribution in [1.29, 1.82) is 0 Å². The number of rotatable bonds is 49. The monoisotopic (exact) mass is 2100 g/mol. The largest absolute Gasteiger partial charge is 1.00 e. The predicted molar refractivity (Wildman–Crippen MR) is 500 cm³/mol. The van der Waals surface area contributed by atoms with Gasteiger partial charge in [-0.3, -0.25) is 33.2 Å². The summed E-state index contributed by atoms with van der Waals surface area (Å²) in [5, 5.41) is 36.6. The zero-order chi connectivity index (χ0) is 102. The molecule has 10 rings (SSSR count). The third-order valence-electron chi connectivity index (χ3n) is 14.1. The first-order chi connectivity index (χ1) is 66.7.